The number of hydrogen-bond acceptors (Lipinski definition) is 21. The van der Waals surface area contributed by atoms with Gasteiger partial charge in [0.1, 0.15) is 55.4 Å². The minimum Gasteiger partial charge on any atom is -0.462 e. The second kappa shape index (κ2) is 49.7. The molecule has 6 saturated heterocycles. The van der Waals surface area contributed by atoms with Crippen LogP contribution in [0.25, 0.3) is 46.9 Å². The van der Waals surface area contributed by atoms with Gasteiger partial charge in [0.15, 0.2) is 5.83 Å². The number of ether oxygens (including phenoxy) is 3. The van der Waals surface area contributed by atoms with Gasteiger partial charge in [0.05, 0.1) is 36.7 Å². The molecule has 0 spiro atoms. The maximum Gasteiger partial charge on any atom is 0.318 e. The molecule has 0 bridgehead atoms. The number of hydrogen-bond donors (Lipinski definition) is 0. The van der Waals surface area contributed by atoms with Crippen LogP contribution < -0.4 is 43.6 Å². The SMILES string of the molecule is S.S.S.S.S.S.[C-]#[N+]C[C@H]1CN(c2nc(OC[C@@H]3CCCN3C)nc3c2CCCN(c2c(C)ccc4ccccc24)C3)CCN1C(=O)C=C.[C-]#[N+]C[C@H]1CN(c2nc(OC[C@@H]3CCCN3C)nc3c2CCCN(c2cccc4cccc(C)c24)C3)CCN1C(=O)C(=C)F.[C-]#[N+]C[C@H]1CN(c2nc(OC[C@@H]3CCCN3C)nc3c2CCCN(c2cccc4cccc(C)c24)C3)CCN1C(=O)C=C. The number of carbonyl (C=O) groups excluding carboxylic acids is 3. The Balaban J connectivity index is 0.000000206. The van der Waals surface area contributed by atoms with Crippen LogP contribution in [-0.4, -0.2) is 272 Å². The van der Waals surface area contributed by atoms with E-state index in [4.69, 9.17) is 63.8 Å². The van der Waals surface area contributed by atoms with Crippen molar-refractivity contribution in [3.8, 4) is 18.0 Å². The second-order valence-corrected chi connectivity index (χ2v) is 36.2. The van der Waals surface area contributed by atoms with E-state index in [9.17, 15) is 18.8 Å². The number of rotatable bonds is 21. The number of piperazine rings is 3. The Bertz CT molecular complexity index is 5840. The number of carbonyl (C=O) groups is 3. The molecule has 9 aromatic rings. The van der Waals surface area contributed by atoms with Crippen molar-refractivity contribution in [2.45, 2.75) is 154 Å². The van der Waals surface area contributed by atoms with Crippen LogP contribution in [0.3, 0.4) is 0 Å². The third-order valence-electron chi connectivity index (χ3n) is 27.9. The van der Waals surface area contributed by atoms with Crippen LogP contribution in [-0.2, 0) is 53.3 Å². The first-order valence-electron chi connectivity index (χ1n) is 46.4. The van der Waals surface area contributed by atoms with E-state index in [1.807, 2.05) is 0 Å². The van der Waals surface area contributed by atoms with Crippen LogP contribution in [0.4, 0.5) is 38.9 Å². The fourth-order valence-corrected chi connectivity index (χ4v) is 20.9. The van der Waals surface area contributed by atoms with Crippen molar-refractivity contribution in [2.75, 3.05) is 188 Å². The zero-order chi connectivity index (χ0) is 90.6. The summed E-state index contributed by atoms with van der Waals surface area (Å²) in [5, 5.41) is 7.49. The van der Waals surface area contributed by atoms with E-state index in [1.165, 1.54) is 96.0 Å². The van der Waals surface area contributed by atoms with Gasteiger partial charge in [0.25, 0.3) is 5.91 Å². The Kier molecular flexibility index (Phi) is 39.3. The fourth-order valence-electron chi connectivity index (χ4n) is 20.9. The van der Waals surface area contributed by atoms with Gasteiger partial charge in [0, 0.05) is 147 Å². The van der Waals surface area contributed by atoms with Gasteiger partial charge in [-0.25, -0.2) is 24.1 Å². The molecule has 6 atom stereocenters. The maximum atomic E-state index is 13.9. The Morgan fingerprint density at radius 2 is 0.757 bits per heavy atom. The lowest BCUT2D eigenvalue weighted by Crippen LogP contribution is -2.56. The Morgan fingerprint density at radius 3 is 1.12 bits per heavy atom. The van der Waals surface area contributed by atoms with Crippen LogP contribution in [0.15, 0.2) is 147 Å². The number of aromatic nitrogens is 6. The molecule has 6 aromatic carbocycles. The van der Waals surface area contributed by atoms with Crippen LogP contribution >= 0.6 is 81.0 Å². The third kappa shape index (κ3) is 24.3. The van der Waals surface area contributed by atoms with Crippen molar-refractivity contribution in [3.63, 3.8) is 0 Å². The molecule has 3 aromatic heterocycles. The van der Waals surface area contributed by atoms with Crippen LogP contribution in [0.5, 0.6) is 18.0 Å². The first-order chi connectivity index (χ1) is 63.3. The van der Waals surface area contributed by atoms with E-state index in [0.717, 1.165) is 155 Å². The summed E-state index contributed by atoms with van der Waals surface area (Å²) in [5.74, 6) is 0.572. The number of fused-ring (bicyclic) bond motifs is 6. The van der Waals surface area contributed by atoms with Crippen LogP contribution in [0.1, 0.15) is 108 Å². The largest absolute Gasteiger partial charge is 0.462 e. The Hall–Kier alpha value is -10.5. The van der Waals surface area contributed by atoms with Gasteiger partial charge in [-0.3, -0.25) is 14.4 Å². The highest BCUT2D eigenvalue weighted by Gasteiger charge is 2.41. The van der Waals surface area contributed by atoms with Gasteiger partial charge in [-0.2, -0.15) is 111 Å². The lowest BCUT2D eigenvalue weighted by atomic mass is 10.0. The van der Waals surface area contributed by atoms with E-state index in [-0.39, 0.29) is 131 Å². The summed E-state index contributed by atoms with van der Waals surface area (Å²) >= 11 is 0. The van der Waals surface area contributed by atoms with Crippen LogP contribution in [0.2, 0.25) is 0 Å². The quantitative estimate of drug-likeness (QED) is 0.0484. The van der Waals surface area contributed by atoms with Crippen molar-refractivity contribution in [1.29, 1.82) is 0 Å². The fraction of sp³-hybridized carbons (Fsp3) is 0.471. The number of nitrogens with zero attached hydrogens (tertiary/aromatic N) is 21. The molecule has 3 amide bonds. The topological polar surface area (TPSA) is 208 Å². The lowest BCUT2D eigenvalue weighted by molar-refractivity contribution is -0.131. The summed E-state index contributed by atoms with van der Waals surface area (Å²) < 4.78 is 32.9. The maximum absolute atomic E-state index is 13.9. The van der Waals surface area contributed by atoms with Crippen molar-refractivity contribution >= 4 is 166 Å². The highest BCUT2D eigenvalue weighted by Crippen LogP contribution is 2.42. The van der Waals surface area contributed by atoms with E-state index in [1.54, 1.807) is 9.80 Å². The molecule has 0 aliphatic carbocycles. The van der Waals surface area contributed by atoms with Crippen molar-refractivity contribution in [3.05, 3.63) is 232 Å². The van der Waals surface area contributed by atoms with Crippen LogP contribution in [0, 0.1) is 40.5 Å². The van der Waals surface area contributed by atoms with Crippen molar-refractivity contribution < 1.29 is 33.0 Å². The molecule has 9 aliphatic rings. The Labute approximate surface area is 843 Å². The molecule has 12 heterocycles. The average Bonchev–Trinajstić information content (AvgIpc) is 1.34. The van der Waals surface area contributed by atoms with Gasteiger partial charge in [0.2, 0.25) is 31.4 Å². The highest BCUT2D eigenvalue weighted by atomic mass is 32.1. The van der Waals surface area contributed by atoms with E-state index >= 15 is 0 Å². The molecule has 0 radical (unpaired) electrons. The van der Waals surface area contributed by atoms with Gasteiger partial charge in [-0.1, -0.05) is 117 Å². The molecule has 0 unspecified atom stereocenters. The summed E-state index contributed by atoms with van der Waals surface area (Å²) in [6.07, 6.45) is 14.9. The number of amides is 3. The predicted molar refractivity (Wildman–Crippen MR) is 574 cm³/mol. The minimum atomic E-state index is -0.999. The lowest BCUT2D eigenvalue weighted by Gasteiger charge is -2.40. The van der Waals surface area contributed by atoms with Crippen molar-refractivity contribution in [1.82, 2.24) is 59.3 Å². The zero-order valence-electron chi connectivity index (χ0n) is 79.3. The monoisotopic (exact) mass is 1960 g/mol. The first-order valence-corrected chi connectivity index (χ1v) is 46.4. The molecule has 726 valence electrons. The number of benzene rings is 6. The summed E-state index contributed by atoms with van der Waals surface area (Å²) in [5.41, 5.74) is 13.7. The van der Waals surface area contributed by atoms with Gasteiger partial charge in [-0.15, -0.1) is 0 Å². The van der Waals surface area contributed by atoms with Gasteiger partial charge < -0.3 is 87.5 Å². The first kappa shape index (κ1) is 108. The standard InChI is InChI=1S/C34H40FN7O2.2C34H41N7O2.6H2S/c1-23-9-5-10-25-11-6-14-30(31(23)25)40-16-8-13-28-29(21-40)37-34(44-22-26-12-7-15-39(26)4)38-32(28)41-17-18-42(33(43)24(2)35)27(20-41)19-36-3;1-5-31(42)41-19-18-40(21-27(41)20-35-3)33-28-14-9-17-39(30-15-7-12-25-11-6-10-24(2)32(25)30)22-29(28)36-34(37-33)43-23-26-13-8-16-38(26)4;1-5-31(42)41-19-18-40(21-27(41)20-35-3)33-29-13-9-17-39(32-24(2)14-15-25-10-6-7-12-28(25)32)22-30(29)36-34(37-33)43-23-26-11-8-16-38(26)4;;;;;;/h5-6,9-11,14,26-27H,2,7-8,12-13,15-22H2,1,4H3;5-7,10-12,15,26-27H,1,8-9,13-14,16-23H2,2,4H3;5-7,10,12,14-15,26-27H,1,8-9,11,13,16-23H2,2,4H3;6*1H2/t3*26-,27-;;;;;;/m000....../s1. The molecule has 136 heavy (non-hydrogen) atoms. The third-order valence-corrected chi connectivity index (χ3v) is 27.9. The van der Waals surface area contributed by atoms with E-state index < -0.39 is 17.8 Å². The number of likely N-dealkylation sites (tertiary alicyclic amines) is 3. The number of halogens is 1. The van der Waals surface area contributed by atoms with Crippen molar-refractivity contribution in [2.24, 2.45) is 0 Å². The van der Waals surface area contributed by atoms with E-state index in [0.29, 0.717) is 128 Å². The van der Waals surface area contributed by atoms with Gasteiger partial charge in [-0.05, 0) is 196 Å². The second-order valence-electron chi connectivity index (χ2n) is 36.2. The summed E-state index contributed by atoms with van der Waals surface area (Å²) in [6.45, 7) is 54.2. The molecule has 9 aliphatic heterocycles. The smallest absolute Gasteiger partial charge is 0.318 e. The molecule has 6 fully saturated rings. The molecule has 27 nitrogen and oxygen atoms in total. The number of anilines is 6. The molecule has 0 N–H and O–H groups in total. The molecular formula is C102H134FN21O6S6. The number of likely N-dealkylation sites (N-methyl/N-ethyl adjacent to an activating group) is 3. The number of aryl methyl sites for hydroxylation is 3. The van der Waals surface area contributed by atoms with Gasteiger partial charge >= 0.3 is 18.0 Å². The molecule has 34 heteroatoms. The minimum absolute atomic E-state index is 0. The molecular weight excluding hydrogens is 1830 g/mol. The predicted octanol–water partition coefficient (Wildman–Crippen LogP) is 14.4. The highest BCUT2D eigenvalue weighted by molar-refractivity contribution is 7.60. The zero-order valence-corrected chi connectivity index (χ0v) is 85.3. The molecule has 0 saturated carbocycles. The summed E-state index contributed by atoms with van der Waals surface area (Å²) in [4.78, 5) is 105. The normalized spacial score (nSPS) is 19.9. The summed E-state index contributed by atoms with van der Waals surface area (Å²) in [6, 6.07) is 40.2. The molecule has 18 rings (SSSR count). The average molecular weight is 1960 g/mol. The van der Waals surface area contributed by atoms with E-state index in [2.05, 4.69) is 229 Å². The summed E-state index contributed by atoms with van der Waals surface area (Å²) in [7, 11) is 6.42. The Morgan fingerprint density at radius 1 is 0.404 bits per heavy atom.